The highest BCUT2D eigenvalue weighted by atomic mass is 35.5. The third-order valence-corrected chi connectivity index (χ3v) is 3.71. The molecule has 1 atom stereocenters. The molecule has 0 aromatic rings. The molecule has 0 aliphatic carbocycles. The highest BCUT2D eigenvalue weighted by molar-refractivity contribution is 6.24. The van der Waals surface area contributed by atoms with Gasteiger partial charge in [-0.3, -0.25) is 0 Å². The first-order valence-electron chi connectivity index (χ1n) is 5.06. The van der Waals surface area contributed by atoms with Crippen molar-refractivity contribution >= 4 is 11.6 Å². The third kappa shape index (κ3) is 2.97. The Morgan fingerprint density at radius 2 is 1.33 bits per heavy atom. The van der Waals surface area contributed by atoms with Crippen molar-refractivity contribution in [3.63, 3.8) is 0 Å². The Kier molecular flexibility index (Phi) is 4.61. The molecule has 0 fully saturated rings. The first-order valence-corrected chi connectivity index (χ1v) is 5.44. The molecular formula is C11H23Cl. The minimum absolute atomic E-state index is 0.0300. The number of hydrogen-bond donors (Lipinski definition) is 0. The molecule has 1 heteroatoms. The van der Waals surface area contributed by atoms with Crippen LogP contribution in [0.1, 0.15) is 60.3 Å². The minimum Gasteiger partial charge on any atom is -0.119 e. The van der Waals surface area contributed by atoms with Crippen LogP contribution >= 0.6 is 11.6 Å². The van der Waals surface area contributed by atoms with Gasteiger partial charge in [-0.2, -0.15) is 0 Å². The van der Waals surface area contributed by atoms with Crippen LogP contribution in [0.15, 0.2) is 0 Å². The van der Waals surface area contributed by atoms with Crippen molar-refractivity contribution < 1.29 is 0 Å². The van der Waals surface area contributed by atoms with Crippen LogP contribution in [0, 0.1) is 5.41 Å². The van der Waals surface area contributed by atoms with Gasteiger partial charge in [0.25, 0.3) is 0 Å². The summed E-state index contributed by atoms with van der Waals surface area (Å²) in [5.41, 5.74) is 0.263. The zero-order valence-electron chi connectivity index (χ0n) is 9.21. The van der Waals surface area contributed by atoms with Gasteiger partial charge in [-0.15, -0.1) is 11.6 Å². The summed E-state index contributed by atoms with van der Waals surface area (Å²) in [5, 5.41) is 0. The number of rotatable bonds is 5. The molecule has 0 amide bonds. The SMILES string of the molecule is CCCC(C)(C)C(C)(Cl)CCC. The van der Waals surface area contributed by atoms with Crippen molar-refractivity contribution in [2.75, 3.05) is 0 Å². The van der Waals surface area contributed by atoms with E-state index in [0.717, 1.165) is 6.42 Å². The van der Waals surface area contributed by atoms with Crippen molar-refractivity contribution in [3.8, 4) is 0 Å². The van der Waals surface area contributed by atoms with Crippen LogP contribution in [0.5, 0.6) is 0 Å². The molecule has 0 N–H and O–H groups in total. The molecule has 1 unspecified atom stereocenters. The van der Waals surface area contributed by atoms with E-state index in [0.29, 0.717) is 0 Å². The Balaban J connectivity index is 4.28. The smallest absolute Gasteiger partial charge is 0.0469 e. The van der Waals surface area contributed by atoms with E-state index in [1.54, 1.807) is 0 Å². The van der Waals surface area contributed by atoms with E-state index in [1.165, 1.54) is 19.3 Å². The first kappa shape index (κ1) is 12.3. The molecule has 0 bridgehead atoms. The Morgan fingerprint density at radius 3 is 1.67 bits per heavy atom. The molecule has 0 saturated heterocycles. The zero-order valence-corrected chi connectivity index (χ0v) is 9.96. The summed E-state index contributed by atoms with van der Waals surface area (Å²) < 4.78 is 0. The van der Waals surface area contributed by atoms with Gasteiger partial charge in [0, 0.05) is 4.87 Å². The summed E-state index contributed by atoms with van der Waals surface area (Å²) in [6.07, 6.45) is 4.72. The maximum atomic E-state index is 6.51. The van der Waals surface area contributed by atoms with E-state index in [2.05, 4.69) is 34.6 Å². The Bertz CT molecular complexity index is 109. The predicted molar refractivity (Wildman–Crippen MR) is 57.9 cm³/mol. The fourth-order valence-electron chi connectivity index (χ4n) is 1.69. The summed E-state index contributed by atoms with van der Waals surface area (Å²) in [6.45, 7) is 11.1. The average molecular weight is 191 g/mol. The van der Waals surface area contributed by atoms with Crippen LogP contribution in [-0.4, -0.2) is 4.87 Å². The summed E-state index contributed by atoms with van der Waals surface area (Å²) in [6, 6.07) is 0. The first-order chi connectivity index (χ1) is 5.37. The van der Waals surface area contributed by atoms with Gasteiger partial charge in [0.1, 0.15) is 0 Å². The number of alkyl halides is 1. The molecule has 0 nitrogen and oxygen atoms in total. The fourth-order valence-corrected chi connectivity index (χ4v) is 1.98. The van der Waals surface area contributed by atoms with Crippen molar-refractivity contribution in [3.05, 3.63) is 0 Å². The summed E-state index contributed by atoms with van der Waals surface area (Å²) in [4.78, 5) is -0.0300. The van der Waals surface area contributed by atoms with E-state index in [1.807, 2.05) is 0 Å². The second-order valence-electron chi connectivity index (χ2n) is 4.58. The lowest BCUT2D eigenvalue weighted by Crippen LogP contribution is -2.36. The van der Waals surface area contributed by atoms with Gasteiger partial charge >= 0.3 is 0 Å². The highest BCUT2D eigenvalue weighted by Gasteiger charge is 2.37. The molecule has 0 heterocycles. The normalized spacial score (nSPS) is 17.5. The van der Waals surface area contributed by atoms with Gasteiger partial charge in [-0.1, -0.05) is 40.5 Å². The van der Waals surface area contributed by atoms with Crippen LogP contribution in [0.25, 0.3) is 0 Å². The molecule has 0 aliphatic rings. The van der Waals surface area contributed by atoms with E-state index >= 15 is 0 Å². The Morgan fingerprint density at radius 1 is 0.917 bits per heavy atom. The van der Waals surface area contributed by atoms with Crippen molar-refractivity contribution in [1.82, 2.24) is 0 Å². The van der Waals surface area contributed by atoms with Gasteiger partial charge in [0.2, 0.25) is 0 Å². The second-order valence-corrected chi connectivity index (χ2v) is 5.42. The lowest BCUT2D eigenvalue weighted by Gasteiger charge is -2.39. The van der Waals surface area contributed by atoms with Crippen molar-refractivity contribution in [1.29, 1.82) is 0 Å². The molecule has 0 radical (unpaired) electrons. The van der Waals surface area contributed by atoms with Crippen LogP contribution in [0.4, 0.5) is 0 Å². The maximum absolute atomic E-state index is 6.51. The van der Waals surface area contributed by atoms with Crippen molar-refractivity contribution in [2.45, 2.75) is 65.2 Å². The molecule has 0 aromatic heterocycles. The maximum Gasteiger partial charge on any atom is 0.0469 e. The molecular weight excluding hydrogens is 168 g/mol. The lowest BCUT2D eigenvalue weighted by molar-refractivity contribution is 0.223. The van der Waals surface area contributed by atoms with Gasteiger partial charge < -0.3 is 0 Å². The quantitative estimate of drug-likeness (QED) is 0.556. The van der Waals surface area contributed by atoms with E-state index < -0.39 is 0 Å². The van der Waals surface area contributed by atoms with Gasteiger partial charge in [-0.05, 0) is 25.2 Å². The monoisotopic (exact) mass is 190 g/mol. The number of halogens is 1. The van der Waals surface area contributed by atoms with E-state index in [4.69, 9.17) is 11.6 Å². The van der Waals surface area contributed by atoms with Gasteiger partial charge in [0.15, 0.2) is 0 Å². The molecule has 0 rings (SSSR count). The molecule has 0 saturated carbocycles. The Labute approximate surface area is 82.7 Å². The molecule has 0 spiro atoms. The largest absolute Gasteiger partial charge is 0.119 e. The van der Waals surface area contributed by atoms with Gasteiger partial charge in [0.05, 0.1) is 0 Å². The average Bonchev–Trinajstić information content (AvgIpc) is 1.86. The molecule has 0 aromatic carbocycles. The Hall–Kier alpha value is 0.290. The lowest BCUT2D eigenvalue weighted by atomic mass is 9.74. The minimum atomic E-state index is -0.0300. The van der Waals surface area contributed by atoms with E-state index in [9.17, 15) is 0 Å². The summed E-state index contributed by atoms with van der Waals surface area (Å²) >= 11 is 6.51. The molecule has 0 aliphatic heterocycles. The summed E-state index contributed by atoms with van der Waals surface area (Å²) in [7, 11) is 0. The second kappa shape index (κ2) is 4.50. The number of hydrogen-bond acceptors (Lipinski definition) is 0. The van der Waals surface area contributed by atoms with Crippen LogP contribution in [0.2, 0.25) is 0 Å². The third-order valence-electron chi connectivity index (χ3n) is 3.01. The van der Waals surface area contributed by atoms with Crippen LogP contribution < -0.4 is 0 Å². The topological polar surface area (TPSA) is 0 Å². The molecule has 74 valence electrons. The summed E-state index contributed by atoms with van der Waals surface area (Å²) in [5.74, 6) is 0. The van der Waals surface area contributed by atoms with E-state index in [-0.39, 0.29) is 10.3 Å². The van der Waals surface area contributed by atoms with Crippen LogP contribution in [0.3, 0.4) is 0 Å². The van der Waals surface area contributed by atoms with Crippen molar-refractivity contribution in [2.24, 2.45) is 5.41 Å². The standard InChI is InChI=1S/C11H23Cl/c1-6-8-10(3,4)11(5,12)9-7-2/h6-9H2,1-5H3. The van der Waals surface area contributed by atoms with Gasteiger partial charge in [-0.25, -0.2) is 0 Å². The highest BCUT2D eigenvalue weighted by Crippen LogP contribution is 2.43. The molecule has 12 heavy (non-hydrogen) atoms. The fraction of sp³-hybridized carbons (Fsp3) is 1.00. The zero-order chi connectivity index (χ0) is 9.83. The van der Waals surface area contributed by atoms with Crippen LogP contribution in [-0.2, 0) is 0 Å². The predicted octanol–water partition coefficient (Wildman–Crippen LogP) is 4.61.